The van der Waals surface area contributed by atoms with E-state index in [1.165, 1.54) is 0 Å². The molecule has 0 spiro atoms. The van der Waals surface area contributed by atoms with Gasteiger partial charge in [-0.1, -0.05) is 6.07 Å². The summed E-state index contributed by atoms with van der Waals surface area (Å²) < 4.78 is 5.43. The molecule has 0 unspecified atom stereocenters. The zero-order chi connectivity index (χ0) is 16.8. The Labute approximate surface area is 138 Å². The number of nitrogens with zero attached hydrogens (tertiary/aromatic N) is 1. The Morgan fingerprint density at radius 1 is 1.39 bits per heavy atom. The number of hydrogen-bond acceptors (Lipinski definition) is 4. The number of hydrogen-bond donors (Lipinski definition) is 2. The van der Waals surface area contributed by atoms with E-state index in [1.54, 1.807) is 6.07 Å². The molecule has 0 aromatic heterocycles. The van der Waals surface area contributed by atoms with E-state index in [0.29, 0.717) is 12.4 Å². The Bertz CT molecular complexity index is 523. The number of phenolic OH excluding ortho intramolecular Hbond substituents is 1. The van der Waals surface area contributed by atoms with Crippen molar-refractivity contribution < 1.29 is 14.6 Å². The number of benzene rings is 1. The Balaban J connectivity index is 1.87. The number of rotatable bonds is 6. The Hall–Kier alpha value is -1.75. The number of piperidine rings is 1. The second kappa shape index (κ2) is 8.20. The molecule has 1 heterocycles. The second-order valence-electron chi connectivity index (χ2n) is 6.45. The van der Waals surface area contributed by atoms with E-state index in [1.807, 2.05) is 32.9 Å². The monoisotopic (exact) mass is 320 g/mol. The van der Waals surface area contributed by atoms with E-state index in [4.69, 9.17) is 4.74 Å². The van der Waals surface area contributed by atoms with Crippen LogP contribution in [0, 0.1) is 5.92 Å². The van der Waals surface area contributed by atoms with Gasteiger partial charge in [0.1, 0.15) is 0 Å². The van der Waals surface area contributed by atoms with Crippen LogP contribution in [0.15, 0.2) is 18.2 Å². The molecule has 128 valence electrons. The second-order valence-corrected chi connectivity index (χ2v) is 6.45. The van der Waals surface area contributed by atoms with Crippen LogP contribution >= 0.6 is 0 Å². The average molecular weight is 320 g/mol. The smallest absolute Gasteiger partial charge is 0.223 e. The topological polar surface area (TPSA) is 61.8 Å². The Morgan fingerprint density at radius 2 is 2.09 bits per heavy atom. The average Bonchev–Trinajstić information content (AvgIpc) is 2.51. The van der Waals surface area contributed by atoms with Gasteiger partial charge in [0, 0.05) is 18.5 Å². The maximum Gasteiger partial charge on any atom is 0.223 e. The third kappa shape index (κ3) is 5.13. The SMILES string of the molecule is CCOc1cc(CN2CCC(C(=O)NC(C)C)CC2)ccc1O. The molecule has 0 aliphatic carbocycles. The summed E-state index contributed by atoms with van der Waals surface area (Å²) in [5.41, 5.74) is 1.12. The van der Waals surface area contributed by atoms with Gasteiger partial charge in [0.05, 0.1) is 6.61 Å². The first kappa shape index (κ1) is 17.6. The van der Waals surface area contributed by atoms with E-state index in [9.17, 15) is 9.90 Å². The molecule has 5 nitrogen and oxygen atoms in total. The summed E-state index contributed by atoms with van der Waals surface area (Å²) in [4.78, 5) is 14.4. The number of ether oxygens (including phenoxy) is 1. The highest BCUT2D eigenvalue weighted by molar-refractivity contribution is 5.78. The highest BCUT2D eigenvalue weighted by atomic mass is 16.5. The number of carbonyl (C=O) groups excluding carboxylic acids is 1. The minimum Gasteiger partial charge on any atom is -0.504 e. The molecule has 1 aliphatic heterocycles. The molecule has 1 aliphatic rings. The molecule has 5 heteroatoms. The lowest BCUT2D eigenvalue weighted by atomic mass is 9.95. The van der Waals surface area contributed by atoms with Crippen LogP contribution in [0.5, 0.6) is 11.5 Å². The first-order valence-electron chi connectivity index (χ1n) is 8.47. The maximum absolute atomic E-state index is 12.1. The first-order valence-corrected chi connectivity index (χ1v) is 8.47. The van der Waals surface area contributed by atoms with Crippen molar-refractivity contribution >= 4 is 5.91 Å². The molecular weight excluding hydrogens is 292 g/mol. The summed E-state index contributed by atoms with van der Waals surface area (Å²) >= 11 is 0. The third-order valence-corrected chi connectivity index (χ3v) is 4.12. The summed E-state index contributed by atoms with van der Waals surface area (Å²) in [5, 5.41) is 12.8. The molecule has 0 bridgehead atoms. The lowest BCUT2D eigenvalue weighted by Gasteiger charge is -2.31. The van der Waals surface area contributed by atoms with Crippen LogP contribution in [-0.2, 0) is 11.3 Å². The van der Waals surface area contributed by atoms with E-state index in [2.05, 4.69) is 10.2 Å². The van der Waals surface area contributed by atoms with Crippen LogP contribution in [0.2, 0.25) is 0 Å². The molecule has 1 aromatic carbocycles. The van der Waals surface area contributed by atoms with Gasteiger partial charge in [-0.2, -0.15) is 0 Å². The summed E-state index contributed by atoms with van der Waals surface area (Å²) in [6.45, 7) is 9.08. The predicted molar refractivity (Wildman–Crippen MR) is 90.6 cm³/mol. The molecule has 1 saturated heterocycles. The van der Waals surface area contributed by atoms with Gasteiger partial charge in [-0.15, -0.1) is 0 Å². The number of likely N-dealkylation sites (tertiary alicyclic amines) is 1. The molecule has 1 fully saturated rings. The number of carbonyl (C=O) groups is 1. The molecule has 0 saturated carbocycles. The fraction of sp³-hybridized carbons (Fsp3) is 0.611. The van der Waals surface area contributed by atoms with Crippen molar-refractivity contribution in [1.82, 2.24) is 10.2 Å². The van der Waals surface area contributed by atoms with Gasteiger partial charge in [-0.3, -0.25) is 9.69 Å². The van der Waals surface area contributed by atoms with Crippen LogP contribution in [-0.4, -0.2) is 41.7 Å². The standard InChI is InChI=1S/C18H28N2O3/c1-4-23-17-11-14(5-6-16(17)21)12-20-9-7-15(8-10-20)18(22)19-13(2)3/h5-6,11,13,15,21H,4,7-10,12H2,1-3H3,(H,19,22). The zero-order valence-electron chi connectivity index (χ0n) is 14.3. The molecule has 2 rings (SSSR count). The zero-order valence-corrected chi connectivity index (χ0v) is 14.3. The van der Waals surface area contributed by atoms with Crippen molar-refractivity contribution in [2.24, 2.45) is 5.92 Å². The van der Waals surface area contributed by atoms with E-state index < -0.39 is 0 Å². The normalized spacial score (nSPS) is 16.5. The van der Waals surface area contributed by atoms with Crippen LogP contribution < -0.4 is 10.1 Å². The molecule has 0 radical (unpaired) electrons. The summed E-state index contributed by atoms with van der Waals surface area (Å²) in [6.07, 6.45) is 1.80. The fourth-order valence-electron chi connectivity index (χ4n) is 2.94. The van der Waals surface area contributed by atoms with Gasteiger partial charge in [0.25, 0.3) is 0 Å². The molecular formula is C18H28N2O3. The minimum atomic E-state index is 0.132. The van der Waals surface area contributed by atoms with Gasteiger partial charge in [-0.05, 0) is 64.4 Å². The number of nitrogens with one attached hydrogen (secondary N) is 1. The van der Waals surface area contributed by atoms with E-state index >= 15 is 0 Å². The highest BCUT2D eigenvalue weighted by Gasteiger charge is 2.25. The highest BCUT2D eigenvalue weighted by Crippen LogP contribution is 2.28. The van der Waals surface area contributed by atoms with Crippen molar-refractivity contribution in [1.29, 1.82) is 0 Å². The van der Waals surface area contributed by atoms with Crippen molar-refractivity contribution in [2.75, 3.05) is 19.7 Å². The molecule has 2 N–H and O–H groups in total. The van der Waals surface area contributed by atoms with Gasteiger partial charge < -0.3 is 15.2 Å². The third-order valence-electron chi connectivity index (χ3n) is 4.12. The van der Waals surface area contributed by atoms with Gasteiger partial charge in [0.15, 0.2) is 11.5 Å². The molecule has 1 aromatic rings. The van der Waals surface area contributed by atoms with Crippen molar-refractivity contribution in [2.45, 2.75) is 46.2 Å². The number of phenols is 1. The van der Waals surface area contributed by atoms with E-state index in [0.717, 1.165) is 38.0 Å². The maximum atomic E-state index is 12.1. The fourth-order valence-corrected chi connectivity index (χ4v) is 2.94. The van der Waals surface area contributed by atoms with Crippen LogP contribution in [0.25, 0.3) is 0 Å². The van der Waals surface area contributed by atoms with Crippen LogP contribution in [0.4, 0.5) is 0 Å². The Morgan fingerprint density at radius 3 is 2.70 bits per heavy atom. The van der Waals surface area contributed by atoms with Gasteiger partial charge in [0.2, 0.25) is 5.91 Å². The lowest BCUT2D eigenvalue weighted by molar-refractivity contribution is -0.127. The lowest BCUT2D eigenvalue weighted by Crippen LogP contribution is -2.42. The van der Waals surface area contributed by atoms with E-state index in [-0.39, 0.29) is 23.6 Å². The summed E-state index contributed by atoms with van der Waals surface area (Å²) in [5.74, 6) is 1.03. The summed E-state index contributed by atoms with van der Waals surface area (Å²) in [7, 11) is 0. The molecule has 1 amide bonds. The summed E-state index contributed by atoms with van der Waals surface area (Å²) in [6, 6.07) is 5.71. The quantitative estimate of drug-likeness (QED) is 0.845. The number of aromatic hydroxyl groups is 1. The Kier molecular flexibility index (Phi) is 6.28. The number of amides is 1. The molecule has 0 atom stereocenters. The molecule has 23 heavy (non-hydrogen) atoms. The van der Waals surface area contributed by atoms with Crippen LogP contribution in [0.3, 0.4) is 0 Å². The largest absolute Gasteiger partial charge is 0.504 e. The van der Waals surface area contributed by atoms with Crippen molar-refractivity contribution in [3.05, 3.63) is 23.8 Å². The van der Waals surface area contributed by atoms with Crippen molar-refractivity contribution in [3.8, 4) is 11.5 Å². The van der Waals surface area contributed by atoms with Crippen LogP contribution in [0.1, 0.15) is 39.2 Å². The van der Waals surface area contributed by atoms with Crippen molar-refractivity contribution in [3.63, 3.8) is 0 Å². The predicted octanol–water partition coefficient (Wildman–Crippen LogP) is 2.53. The first-order chi connectivity index (χ1) is 11.0. The van der Waals surface area contributed by atoms with Gasteiger partial charge >= 0.3 is 0 Å². The van der Waals surface area contributed by atoms with Gasteiger partial charge in [-0.25, -0.2) is 0 Å². The minimum absolute atomic E-state index is 0.132.